The predicted molar refractivity (Wildman–Crippen MR) is 110 cm³/mol. The van der Waals surface area contributed by atoms with Crippen LogP contribution in [0.15, 0.2) is 29.3 Å². The summed E-state index contributed by atoms with van der Waals surface area (Å²) in [4.78, 5) is 7.14. The summed E-state index contributed by atoms with van der Waals surface area (Å²) in [5, 5.41) is 6.59. The first kappa shape index (κ1) is 21.2. The Balaban J connectivity index is 0.00000288. The van der Waals surface area contributed by atoms with Crippen molar-refractivity contribution in [3.63, 3.8) is 0 Å². The Morgan fingerprint density at radius 2 is 2.08 bits per heavy atom. The maximum atomic E-state index is 13.2. The Hall–Kier alpha value is -0.890. The molecule has 0 amide bonds. The molecule has 1 aliphatic carbocycles. The summed E-state index contributed by atoms with van der Waals surface area (Å²) in [6.07, 6.45) is 3.46. The first-order valence-corrected chi connectivity index (χ1v) is 8.73. The lowest BCUT2D eigenvalue weighted by Crippen LogP contribution is -2.39. The predicted octanol–water partition coefficient (Wildman–Crippen LogP) is 3.03. The number of hydrogen-bond acceptors (Lipinski definition) is 2. The van der Waals surface area contributed by atoms with E-state index in [0.29, 0.717) is 0 Å². The van der Waals surface area contributed by atoms with E-state index in [1.165, 1.54) is 18.9 Å². The largest absolute Gasteiger partial charge is 0.357 e. The van der Waals surface area contributed by atoms with Crippen molar-refractivity contribution in [2.24, 2.45) is 4.99 Å². The zero-order chi connectivity index (χ0) is 16.5. The SMILES string of the molecule is CCNC(=NCCN(CC)C1CC1)NCCc1cccc(F)c1.I. The topological polar surface area (TPSA) is 39.7 Å². The number of nitrogens with zero attached hydrogens (tertiary/aromatic N) is 2. The highest BCUT2D eigenvalue weighted by Gasteiger charge is 2.27. The van der Waals surface area contributed by atoms with Crippen molar-refractivity contribution in [1.29, 1.82) is 0 Å². The Morgan fingerprint density at radius 1 is 1.29 bits per heavy atom. The molecule has 0 atom stereocenters. The number of rotatable bonds is 9. The van der Waals surface area contributed by atoms with Crippen LogP contribution >= 0.6 is 24.0 Å². The lowest BCUT2D eigenvalue weighted by molar-refractivity contribution is 0.286. The molecule has 136 valence electrons. The van der Waals surface area contributed by atoms with Gasteiger partial charge in [0.25, 0.3) is 0 Å². The first-order chi connectivity index (χ1) is 11.2. The zero-order valence-corrected chi connectivity index (χ0v) is 17.1. The first-order valence-electron chi connectivity index (χ1n) is 8.73. The minimum atomic E-state index is -0.178. The summed E-state index contributed by atoms with van der Waals surface area (Å²) in [5.41, 5.74) is 0.999. The number of guanidine groups is 1. The molecule has 0 saturated heterocycles. The number of nitrogens with one attached hydrogen (secondary N) is 2. The fourth-order valence-electron chi connectivity index (χ4n) is 2.69. The van der Waals surface area contributed by atoms with Crippen LogP contribution in [0.3, 0.4) is 0 Å². The van der Waals surface area contributed by atoms with Crippen molar-refractivity contribution in [1.82, 2.24) is 15.5 Å². The zero-order valence-electron chi connectivity index (χ0n) is 14.7. The third-order valence-corrected chi connectivity index (χ3v) is 4.07. The molecule has 0 unspecified atom stereocenters. The molecule has 1 aliphatic rings. The Kier molecular flexibility index (Phi) is 10.2. The molecule has 24 heavy (non-hydrogen) atoms. The summed E-state index contributed by atoms with van der Waals surface area (Å²) in [7, 11) is 0. The van der Waals surface area contributed by atoms with Gasteiger partial charge >= 0.3 is 0 Å². The second-order valence-corrected chi connectivity index (χ2v) is 5.93. The molecule has 2 N–H and O–H groups in total. The van der Waals surface area contributed by atoms with Crippen molar-refractivity contribution in [3.8, 4) is 0 Å². The van der Waals surface area contributed by atoms with E-state index in [1.54, 1.807) is 12.1 Å². The maximum absolute atomic E-state index is 13.2. The van der Waals surface area contributed by atoms with Crippen molar-refractivity contribution in [3.05, 3.63) is 35.6 Å². The van der Waals surface area contributed by atoms with Gasteiger partial charge in [-0.25, -0.2) is 4.39 Å². The summed E-state index contributed by atoms with van der Waals surface area (Å²) in [6, 6.07) is 7.55. The van der Waals surface area contributed by atoms with E-state index in [2.05, 4.69) is 34.4 Å². The van der Waals surface area contributed by atoms with E-state index >= 15 is 0 Å². The average Bonchev–Trinajstić information content (AvgIpc) is 3.36. The number of aliphatic imine (C=N–C) groups is 1. The van der Waals surface area contributed by atoms with Gasteiger partial charge in [-0.2, -0.15) is 0 Å². The second kappa shape index (κ2) is 11.6. The van der Waals surface area contributed by atoms with Gasteiger partial charge in [0.05, 0.1) is 6.54 Å². The van der Waals surface area contributed by atoms with Crippen LogP contribution in [0.25, 0.3) is 0 Å². The van der Waals surface area contributed by atoms with Crippen LogP contribution in [-0.4, -0.2) is 49.6 Å². The fraction of sp³-hybridized carbons (Fsp3) is 0.611. The molecule has 0 radical (unpaired) electrons. The summed E-state index contributed by atoms with van der Waals surface area (Å²) >= 11 is 0. The number of benzene rings is 1. The van der Waals surface area contributed by atoms with Crippen molar-refractivity contribution < 1.29 is 4.39 Å². The van der Waals surface area contributed by atoms with Gasteiger partial charge in [-0.15, -0.1) is 24.0 Å². The average molecular weight is 448 g/mol. The Labute approximate surface area is 162 Å². The molecule has 1 aromatic carbocycles. The third-order valence-electron chi connectivity index (χ3n) is 4.07. The van der Waals surface area contributed by atoms with Crippen LogP contribution in [0.5, 0.6) is 0 Å². The number of halogens is 2. The molecule has 0 aromatic heterocycles. The lowest BCUT2D eigenvalue weighted by Gasteiger charge is -2.19. The second-order valence-electron chi connectivity index (χ2n) is 5.93. The molecule has 1 fully saturated rings. The van der Waals surface area contributed by atoms with E-state index < -0.39 is 0 Å². The van der Waals surface area contributed by atoms with Crippen LogP contribution in [-0.2, 0) is 6.42 Å². The quantitative estimate of drug-likeness (QED) is 0.347. The highest BCUT2D eigenvalue weighted by Crippen LogP contribution is 2.25. The van der Waals surface area contributed by atoms with Gasteiger partial charge in [-0.3, -0.25) is 9.89 Å². The summed E-state index contributed by atoms with van der Waals surface area (Å²) in [6.45, 7) is 8.78. The standard InChI is InChI=1S/C18H29FN4.HI/c1-3-20-18(22-12-13-23(4-2)17-8-9-17)21-11-10-15-6-5-7-16(19)14-15;/h5-7,14,17H,3-4,8-13H2,1-2H3,(H2,20,21,22);1H. The molecular formula is C18H30FIN4. The van der Waals surface area contributed by atoms with E-state index in [-0.39, 0.29) is 29.8 Å². The van der Waals surface area contributed by atoms with Crippen LogP contribution in [0.4, 0.5) is 4.39 Å². The highest BCUT2D eigenvalue weighted by atomic mass is 127. The van der Waals surface area contributed by atoms with Crippen LogP contribution in [0.2, 0.25) is 0 Å². The molecule has 4 nitrogen and oxygen atoms in total. The summed E-state index contributed by atoms with van der Waals surface area (Å²) < 4.78 is 13.2. The van der Waals surface area contributed by atoms with E-state index in [1.807, 2.05) is 6.07 Å². The lowest BCUT2D eigenvalue weighted by atomic mass is 10.1. The highest BCUT2D eigenvalue weighted by molar-refractivity contribution is 14.0. The van der Waals surface area contributed by atoms with Gasteiger partial charge in [-0.05, 0) is 50.4 Å². The summed E-state index contributed by atoms with van der Waals surface area (Å²) in [5.74, 6) is 0.665. The van der Waals surface area contributed by atoms with Crippen molar-refractivity contribution in [2.45, 2.75) is 39.2 Å². The normalized spacial score (nSPS) is 14.4. The number of likely N-dealkylation sites (N-methyl/N-ethyl adjacent to an activating group) is 1. The van der Waals surface area contributed by atoms with Crippen LogP contribution < -0.4 is 10.6 Å². The van der Waals surface area contributed by atoms with Gasteiger partial charge in [0.1, 0.15) is 5.82 Å². The Morgan fingerprint density at radius 3 is 2.71 bits per heavy atom. The monoisotopic (exact) mass is 448 g/mol. The fourth-order valence-corrected chi connectivity index (χ4v) is 2.69. The molecule has 0 bridgehead atoms. The van der Waals surface area contributed by atoms with E-state index in [9.17, 15) is 4.39 Å². The molecule has 2 rings (SSSR count). The Bertz CT molecular complexity index is 506. The van der Waals surface area contributed by atoms with Gasteiger partial charge in [-0.1, -0.05) is 19.1 Å². The van der Waals surface area contributed by atoms with E-state index in [4.69, 9.17) is 0 Å². The van der Waals surface area contributed by atoms with Gasteiger partial charge in [0, 0.05) is 25.7 Å². The number of hydrogen-bond donors (Lipinski definition) is 2. The molecule has 1 saturated carbocycles. The molecule has 0 aliphatic heterocycles. The minimum Gasteiger partial charge on any atom is -0.357 e. The van der Waals surface area contributed by atoms with Crippen LogP contribution in [0, 0.1) is 5.82 Å². The van der Waals surface area contributed by atoms with Gasteiger partial charge in [0.15, 0.2) is 5.96 Å². The minimum absolute atomic E-state index is 0. The van der Waals surface area contributed by atoms with Crippen LogP contribution in [0.1, 0.15) is 32.3 Å². The molecule has 6 heteroatoms. The molecule has 0 spiro atoms. The van der Waals surface area contributed by atoms with Crippen molar-refractivity contribution >= 4 is 29.9 Å². The molecular weight excluding hydrogens is 418 g/mol. The maximum Gasteiger partial charge on any atom is 0.191 e. The molecule has 0 heterocycles. The third kappa shape index (κ3) is 7.79. The van der Waals surface area contributed by atoms with Crippen molar-refractivity contribution in [2.75, 3.05) is 32.7 Å². The molecule has 1 aromatic rings. The smallest absolute Gasteiger partial charge is 0.191 e. The van der Waals surface area contributed by atoms with E-state index in [0.717, 1.165) is 56.7 Å². The van der Waals surface area contributed by atoms with Gasteiger partial charge in [0.2, 0.25) is 0 Å². The van der Waals surface area contributed by atoms with Gasteiger partial charge < -0.3 is 10.6 Å².